The second-order valence-corrected chi connectivity index (χ2v) is 14.8. The quantitative estimate of drug-likeness (QED) is 0.169. The van der Waals surface area contributed by atoms with Gasteiger partial charge in [0.15, 0.2) is 11.3 Å². The van der Waals surface area contributed by atoms with Crippen LogP contribution in [0.1, 0.15) is 0 Å². The van der Waals surface area contributed by atoms with Gasteiger partial charge in [0.1, 0.15) is 0 Å². The van der Waals surface area contributed by atoms with Crippen molar-refractivity contribution in [3.63, 3.8) is 0 Å². The highest BCUT2D eigenvalue weighted by molar-refractivity contribution is 6.11. The minimum Gasteiger partial charge on any atom is -0.278 e. The number of rotatable bonds is 6. The summed E-state index contributed by atoms with van der Waals surface area (Å²) in [5, 5.41) is 2.06. The van der Waals surface area contributed by atoms with Crippen LogP contribution in [0.5, 0.6) is 0 Å². The molecule has 59 heavy (non-hydrogen) atoms. The summed E-state index contributed by atoms with van der Waals surface area (Å²) < 4.78 is 6.54. The minimum absolute atomic E-state index is 0.536. The van der Waals surface area contributed by atoms with Crippen molar-refractivity contribution in [2.24, 2.45) is 0 Å². The first-order valence-electron chi connectivity index (χ1n) is 19.7. The lowest BCUT2D eigenvalue weighted by Gasteiger charge is -2.13. The van der Waals surface area contributed by atoms with Gasteiger partial charge in [0.05, 0.1) is 33.5 Å². The van der Waals surface area contributed by atoms with Gasteiger partial charge < -0.3 is 0 Å². The third kappa shape index (κ3) is 5.36. The van der Waals surface area contributed by atoms with Crippen LogP contribution in [0, 0.1) is 0 Å². The maximum atomic E-state index is 5.39. The van der Waals surface area contributed by atoms with Gasteiger partial charge in [-0.3, -0.25) is 13.5 Å². The molecule has 0 atom stereocenters. The summed E-state index contributed by atoms with van der Waals surface area (Å²) in [5.41, 5.74) is 14.6. The van der Waals surface area contributed by atoms with Gasteiger partial charge in [-0.1, -0.05) is 146 Å². The molecule has 5 aromatic heterocycles. The number of aromatic nitrogens is 7. The lowest BCUT2D eigenvalue weighted by Crippen LogP contribution is -2.05. The number of fused-ring (bicyclic) bond motifs is 8. The zero-order valence-electron chi connectivity index (χ0n) is 31.7. The summed E-state index contributed by atoms with van der Waals surface area (Å²) in [6.07, 6.45) is 0. The molecule has 0 saturated carbocycles. The molecule has 7 heteroatoms. The molecule has 0 saturated heterocycles. The first-order chi connectivity index (χ1) is 29.2. The topological polar surface area (TPSA) is 65.8 Å². The Balaban J connectivity index is 1.12. The Labute approximate surface area is 338 Å². The van der Waals surface area contributed by atoms with Crippen LogP contribution in [0.2, 0.25) is 0 Å². The van der Waals surface area contributed by atoms with Crippen LogP contribution >= 0.6 is 0 Å². The molecule has 0 unspecified atom stereocenters. The van der Waals surface area contributed by atoms with Gasteiger partial charge in [0, 0.05) is 27.6 Å². The second-order valence-electron chi connectivity index (χ2n) is 14.8. The smallest absolute Gasteiger partial charge is 0.237 e. The molecule has 0 amide bonds. The van der Waals surface area contributed by atoms with E-state index in [9.17, 15) is 0 Å². The fraction of sp³-hybridized carbons (Fsp3) is 0. The van der Waals surface area contributed by atoms with Gasteiger partial charge in [-0.05, 0) is 76.9 Å². The lowest BCUT2D eigenvalue weighted by molar-refractivity contribution is 0.983. The monoisotopic (exact) mass is 755 g/mol. The van der Waals surface area contributed by atoms with Crippen LogP contribution in [-0.2, 0) is 0 Å². The first-order valence-corrected chi connectivity index (χ1v) is 19.7. The third-order valence-corrected chi connectivity index (χ3v) is 11.3. The summed E-state index contributed by atoms with van der Waals surface area (Å²) in [5.74, 6) is 1.34. The Kier molecular flexibility index (Phi) is 7.40. The van der Waals surface area contributed by atoms with E-state index in [4.69, 9.17) is 19.9 Å². The van der Waals surface area contributed by atoms with E-state index in [1.807, 2.05) is 18.2 Å². The van der Waals surface area contributed by atoms with E-state index >= 15 is 0 Å². The molecule has 7 nitrogen and oxygen atoms in total. The van der Waals surface area contributed by atoms with Crippen molar-refractivity contribution in [2.45, 2.75) is 0 Å². The molecule has 0 N–H and O–H groups in total. The number of nitrogens with zero attached hydrogens (tertiary/aromatic N) is 7. The highest BCUT2D eigenvalue weighted by atomic mass is 15.2. The van der Waals surface area contributed by atoms with Crippen molar-refractivity contribution in [2.75, 3.05) is 0 Å². The van der Waals surface area contributed by atoms with Gasteiger partial charge in [-0.15, -0.1) is 0 Å². The molecule has 0 fully saturated rings. The molecule has 0 aliphatic rings. The highest BCUT2D eigenvalue weighted by Crippen LogP contribution is 2.37. The van der Waals surface area contributed by atoms with Crippen molar-refractivity contribution >= 4 is 49.9 Å². The largest absolute Gasteiger partial charge is 0.278 e. The number of hydrogen-bond acceptors (Lipinski definition) is 4. The van der Waals surface area contributed by atoms with Crippen molar-refractivity contribution in [3.8, 4) is 56.4 Å². The Bertz CT molecular complexity index is 3450. The Morgan fingerprint density at radius 2 is 0.847 bits per heavy atom. The zero-order valence-corrected chi connectivity index (χ0v) is 31.7. The summed E-state index contributed by atoms with van der Waals surface area (Å²) in [6.45, 7) is 0. The Hall–Kier alpha value is -8.16. The molecule has 0 aliphatic heterocycles. The molecule has 0 radical (unpaired) electrons. The van der Waals surface area contributed by atoms with Crippen LogP contribution in [0.3, 0.4) is 0 Å². The van der Waals surface area contributed by atoms with Crippen LogP contribution in [0.25, 0.3) is 106 Å². The maximum absolute atomic E-state index is 5.39. The van der Waals surface area contributed by atoms with Crippen LogP contribution in [0.4, 0.5) is 0 Å². The minimum atomic E-state index is 0.536. The van der Waals surface area contributed by atoms with Gasteiger partial charge >= 0.3 is 0 Å². The van der Waals surface area contributed by atoms with E-state index in [-0.39, 0.29) is 0 Å². The molecule has 12 rings (SSSR count). The molecule has 7 aromatic carbocycles. The first kappa shape index (κ1) is 33.0. The number of benzene rings is 7. The van der Waals surface area contributed by atoms with E-state index in [2.05, 4.69) is 196 Å². The van der Waals surface area contributed by atoms with Gasteiger partial charge in [-0.2, -0.15) is 4.98 Å². The van der Waals surface area contributed by atoms with E-state index in [1.54, 1.807) is 0 Å². The molecule has 0 bridgehead atoms. The average molecular weight is 756 g/mol. The van der Waals surface area contributed by atoms with Crippen LogP contribution in [-0.4, -0.2) is 33.5 Å². The van der Waals surface area contributed by atoms with Crippen LogP contribution in [0.15, 0.2) is 200 Å². The second kappa shape index (κ2) is 13.2. The molecular weight excluding hydrogens is 723 g/mol. The molecule has 5 heterocycles. The fourth-order valence-electron chi connectivity index (χ4n) is 8.54. The Morgan fingerprint density at radius 1 is 0.322 bits per heavy atom. The van der Waals surface area contributed by atoms with Crippen molar-refractivity contribution in [1.82, 2.24) is 33.5 Å². The van der Waals surface area contributed by atoms with E-state index in [0.717, 1.165) is 94.7 Å². The molecule has 12 aromatic rings. The summed E-state index contributed by atoms with van der Waals surface area (Å²) in [7, 11) is 0. The third-order valence-electron chi connectivity index (χ3n) is 11.3. The predicted molar refractivity (Wildman–Crippen MR) is 239 cm³/mol. The number of para-hydroxylation sites is 4. The fourth-order valence-corrected chi connectivity index (χ4v) is 8.54. The summed E-state index contributed by atoms with van der Waals surface area (Å²) in [4.78, 5) is 21.4. The lowest BCUT2D eigenvalue weighted by atomic mass is 9.99. The van der Waals surface area contributed by atoms with E-state index in [0.29, 0.717) is 11.6 Å². The van der Waals surface area contributed by atoms with Gasteiger partial charge in [0.2, 0.25) is 11.7 Å². The van der Waals surface area contributed by atoms with E-state index < -0.39 is 0 Å². The van der Waals surface area contributed by atoms with Gasteiger partial charge in [-0.25, -0.2) is 15.0 Å². The van der Waals surface area contributed by atoms with Gasteiger partial charge in [0.25, 0.3) is 0 Å². The van der Waals surface area contributed by atoms with Crippen molar-refractivity contribution in [3.05, 3.63) is 200 Å². The highest BCUT2D eigenvalue weighted by Gasteiger charge is 2.23. The molecule has 0 spiro atoms. The average Bonchev–Trinajstić information content (AvgIpc) is 3.95. The summed E-state index contributed by atoms with van der Waals surface area (Å²) >= 11 is 0. The normalized spacial score (nSPS) is 11.7. The number of hydrogen-bond donors (Lipinski definition) is 0. The predicted octanol–water partition coefficient (Wildman–Crippen LogP) is 12.4. The summed E-state index contributed by atoms with van der Waals surface area (Å²) in [6, 6.07) is 69.7. The number of imidazole rings is 2. The van der Waals surface area contributed by atoms with E-state index in [1.165, 1.54) is 0 Å². The SMILES string of the molecule is c1ccc(-c2cccc(-c3cc(-c4cccc(-c5ccccc5)c4)nc(-n4c5ccccc5c5cc6c(nc54)nc4n(-c5ccccc5)c5ccccc5n64)n3)c2)cc1. The van der Waals surface area contributed by atoms with Crippen molar-refractivity contribution < 1.29 is 0 Å². The van der Waals surface area contributed by atoms with Crippen molar-refractivity contribution in [1.29, 1.82) is 0 Å². The number of pyridine rings is 1. The molecule has 276 valence electrons. The molecular formula is C52H33N7. The standard InChI is InChI=1S/C52H33N7/c1-4-16-34(17-5-1)36-20-14-22-38(30-36)43-33-44(39-23-15-21-37(31-39)35-18-6-2-7-19-35)54-51(53-43)59-45-27-11-10-26-41(45)42-32-48-49(55-50(42)59)56-52-57(40-24-8-3-9-25-40)46-28-12-13-29-47(46)58(48)52/h1-33H. The zero-order chi connectivity index (χ0) is 38.9. The maximum Gasteiger partial charge on any atom is 0.237 e. The Morgan fingerprint density at radius 3 is 1.49 bits per heavy atom. The van der Waals surface area contributed by atoms with Crippen LogP contribution < -0.4 is 0 Å². The molecule has 0 aliphatic carbocycles.